The quantitative estimate of drug-likeness (QED) is 0.627. The number of carbonyl (C=O) groups is 1. The third-order valence-corrected chi connectivity index (χ3v) is 5.01. The zero-order valence-electron chi connectivity index (χ0n) is 17.7. The molecule has 2 heterocycles. The third kappa shape index (κ3) is 4.66. The first-order valence-electron chi connectivity index (χ1n) is 9.88. The van der Waals surface area contributed by atoms with Gasteiger partial charge in [-0.15, -0.1) is 0 Å². The maximum absolute atomic E-state index is 11.3. The van der Waals surface area contributed by atoms with Crippen molar-refractivity contribution in [3.63, 3.8) is 0 Å². The van der Waals surface area contributed by atoms with E-state index in [1.54, 1.807) is 14.2 Å². The van der Waals surface area contributed by atoms with E-state index >= 15 is 0 Å². The first kappa shape index (κ1) is 20.4. The normalized spacial score (nSPS) is 12.7. The van der Waals surface area contributed by atoms with Crippen molar-refractivity contribution in [1.29, 1.82) is 0 Å². The fourth-order valence-electron chi connectivity index (χ4n) is 3.58. The monoisotopic (exact) mass is 420 g/mol. The van der Waals surface area contributed by atoms with E-state index in [4.69, 9.17) is 9.47 Å². The van der Waals surface area contributed by atoms with Crippen molar-refractivity contribution in [2.24, 2.45) is 0 Å². The molecule has 0 fully saturated rings. The number of nitrogens with one attached hydrogen (secondary N) is 2. The van der Waals surface area contributed by atoms with E-state index < -0.39 is 0 Å². The summed E-state index contributed by atoms with van der Waals surface area (Å²) in [5, 5.41) is 5.93. The molecular formula is C22H24N6O3. The van der Waals surface area contributed by atoms with Crippen LogP contribution < -0.4 is 25.0 Å². The lowest BCUT2D eigenvalue weighted by Gasteiger charge is -2.30. The van der Waals surface area contributed by atoms with Gasteiger partial charge in [0.05, 0.1) is 14.2 Å². The Morgan fingerprint density at radius 2 is 1.94 bits per heavy atom. The van der Waals surface area contributed by atoms with E-state index in [0.29, 0.717) is 24.1 Å². The number of benzene rings is 2. The first-order valence-corrected chi connectivity index (χ1v) is 9.88. The van der Waals surface area contributed by atoms with Crippen LogP contribution in [0.2, 0.25) is 0 Å². The summed E-state index contributed by atoms with van der Waals surface area (Å²) in [4.78, 5) is 26.6. The SMILES string of the molecule is COc1cc2c(c(OC)c1)CN(c1ncnc(Nc3cccc(NC(C)=O)c3)n1)CC2. The zero-order valence-corrected chi connectivity index (χ0v) is 17.7. The van der Waals surface area contributed by atoms with Crippen LogP contribution in [-0.4, -0.2) is 41.6 Å². The molecular weight excluding hydrogens is 396 g/mol. The van der Waals surface area contributed by atoms with E-state index in [1.807, 2.05) is 30.3 Å². The van der Waals surface area contributed by atoms with Crippen molar-refractivity contribution in [3.8, 4) is 11.5 Å². The fraction of sp³-hybridized carbons (Fsp3) is 0.273. The van der Waals surface area contributed by atoms with E-state index in [0.717, 1.165) is 35.7 Å². The fourth-order valence-corrected chi connectivity index (χ4v) is 3.58. The summed E-state index contributed by atoms with van der Waals surface area (Å²) < 4.78 is 11.0. The highest BCUT2D eigenvalue weighted by atomic mass is 16.5. The van der Waals surface area contributed by atoms with Gasteiger partial charge in [0.1, 0.15) is 17.8 Å². The second-order valence-electron chi connectivity index (χ2n) is 7.13. The maximum Gasteiger partial charge on any atom is 0.232 e. The number of fused-ring (bicyclic) bond motifs is 1. The van der Waals surface area contributed by atoms with Gasteiger partial charge >= 0.3 is 0 Å². The number of carbonyl (C=O) groups excluding carboxylic acids is 1. The molecule has 1 aromatic heterocycles. The molecule has 160 valence electrons. The molecule has 1 amide bonds. The number of hydrogen-bond acceptors (Lipinski definition) is 8. The van der Waals surface area contributed by atoms with Crippen LogP contribution in [0.3, 0.4) is 0 Å². The molecule has 0 saturated heterocycles. The van der Waals surface area contributed by atoms with Crippen LogP contribution in [0.25, 0.3) is 0 Å². The van der Waals surface area contributed by atoms with Crippen molar-refractivity contribution in [2.45, 2.75) is 19.9 Å². The minimum atomic E-state index is -0.127. The average Bonchev–Trinajstić information content (AvgIpc) is 2.78. The van der Waals surface area contributed by atoms with Gasteiger partial charge in [-0.2, -0.15) is 4.98 Å². The number of ether oxygens (including phenoxy) is 2. The summed E-state index contributed by atoms with van der Waals surface area (Å²) in [6, 6.07) is 11.3. The lowest BCUT2D eigenvalue weighted by molar-refractivity contribution is -0.114. The summed E-state index contributed by atoms with van der Waals surface area (Å²) in [6.45, 7) is 2.87. The first-order chi connectivity index (χ1) is 15.1. The highest BCUT2D eigenvalue weighted by Crippen LogP contribution is 2.33. The van der Waals surface area contributed by atoms with E-state index in [-0.39, 0.29) is 5.91 Å². The molecule has 4 rings (SSSR count). The Morgan fingerprint density at radius 3 is 2.71 bits per heavy atom. The summed E-state index contributed by atoms with van der Waals surface area (Å²) >= 11 is 0. The topological polar surface area (TPSA) is 102 Å². The third-order valence-electron chi connectivity index (χ3n) is 5.01. The van der Waals surface area contributed by atoms with Gasteiger partial charge in [-0.25, -0.2) is 9.97 Å². The van der Waals surface area contributed by atoms with Crippen molar-refractivity contribution in [3.05, 3.63) is 53.9 Å². The van der Waals surface area contributed by atoms with Crippen LogP contribution in [0.1, 0.15) is 18.1 Å². The Morgan fingerprint density at radius 1 is 1.10 bits per heavy atom. The Hall–Kier alpha value is -3.88. The highest BCUT2D eigenvalue weighted by molar-refractivity contribution is 5.89. The molecule has 9 heteroatoms. The summed E-state index contributed by atoms with van der Waals surface area (Å²) in [7, 11) is 3.32. The van der Waals surface area contributed by atoms with Crippen LogP contribution >= 0.6 is 0 Å². The van der Waals surface area contributed by atoms with E-state index in [9.17, 15) is 4.79 Å². The van der Waals surface area contributed by atoms with Crippen LogP contribution in [0.15, 0.2) is 42.7 Å². The molecule has 0 radical (unpaired) electrons. The Labute approximate surface area is 180 Å². The minimum absolute atomic E-state index is 0.127. The number of amides is 1. The van der Waals surface area contributed by atoms with Gasteiger partial charge < -0.3 is 25.0 Å². The van der Waals surface area contributed by atoms with Gasteiger partial charge in [0.15, 0.2) is 0 Å². The van der Waals surface area contributed by atoms with E-state index in [1.165, 1.54) is 18.8 Å². The van der Waals surface area contributed by atoms with Gasteiger partial charge in [0.25, 0.3) is 0 Å². The highest BCUT2D eigenvalue weighted by Gasteiger charge is 2.23. The predicted molar refractivity (Wildman–Crippen MR) is 118 cm³/mol. The molecule has 0 bridgehead atoms. The Balaban J connectivity index is 1.54. The Bertz CT molecular complexity index is 1090. The van der Waals surface area contributed by atoms with Crippen LogP contribution in [-0.2, 0) is 17.8 Å². The van der Waals surface area contributed by atoms with Gasteiger partial charge in [-0.3, -0.25) is 4.79 Å². The standard InChI is InChI=1S/C22H24N6O3/c1-14(29)25-16-5-4-6-17(10-16)26-21-23-13-24-22(27-21)28-8-7-15-9-18(30-2)11-20(31-3)19(15)12-28/h4-6,9-11,13H,7-8,12H2,1-3H3,(H,25,29)(H,23,24,26,27). The maximum atomic E-state index is 11.3. The number of anilines is 4. The summed E-state index contributed by atoms with van der Waals surface area (Å²) in [5.74, 6) is 2.47. The molecule has 0 spiro atoms. The molecule has 2 aromatic carbocycles. The lowest BCUT2D eigenvalue weighted by atomic mass is 9.98. The summed E-state index contributed by atoms with van der Waals surface area (Å²) in [5.41, 5.74) is 3.77. The molecule has 9 nitrogen and oxygen atoms in total. The molecule has 0 atom stereocenters. The minimum Gasteiger partial charge on any atom is -0.497 e. The molecule has 0 aliphatic carbocycles. The lowest BCUT2D eigenvalue weighted by Crippen LogP contribution is -2.32. The van der Waals surface area contributed by atoms with Crippen molar-refractivity contribution >= 4 is 29.2 Å². The molecule has 2 N–H and O–H groups in total. The van der Waals surface area contributed by atoms with Crippen LogP contribution in [0, 0.1) is 0 Å². The van der Waals surface area contributed by atoms with Gasteiger partial charge in [0, 0.05) is 43.0 Å². The number of aromatic nitrogens is 3. The zero-order chi connectivity index (χ0) is 21.8. The van der Waals surface area contributed by atoms with Crippen molar-refractivity contribution < 1.29 is 14.3 Å². The molecule has 0 unspecified atom stereocenters. The second-order valence-corrected chi connectivity index (χ2v) is 7.13. The van der Waals surface area contributed by atoms with Crippen LogP contribution in [0.5, 0.6) is 11.5 Å². The van der Waals surface area contributed by atoms with E-state index in [2.05, 4.69) is 36.6 Å². The number of hydrogen-bond donors (Lipinski definition) is 2. The van der Waals surface area contributed by atoms with Gasteiger partial charge in [-0.05, 0) is 36.2 Å². The average molecular weight is 420 g/mol. The molecule has 0 saturated carbocycles. The van der Waals surface area contributed by atoms with Crippen molar-refractivity contribution in [2.75, 3.05) is 36.3 Å². The molecule has 1 aliphatic rings. The number of rotatable bonds is 6. The van der Waals surface area contributed by atoms with Crippen LogP contribution in [0.4, 0.5) is 23.3 Å². The number of methoxy groups -OCH3 is 2. The number of nitrogens with zero attached hydrogens (tertiary/aromatic N) is 4. The molecule has 31 heavy (non-hydrogen) atoms. The van der Waals surface area contributed by atoms with Gasteiger partial charge in [-0.1, -0.05) is 6.07 Å². The second kappa shape index (κ2) is 8.86. The van der Waals surface area contributed by atoms with Crippen molar-refractivity contribution in [1.82, 2.24) is 15.0 Å². The largest absolute Gasteiger partial charge is 0.497 e. The smallest absolute Gasteiger partial charge is 0.232 e. The predicted octanol–water partition coefficient (Wildman–Crippen LogP) is 3.15. The summed E-state index contributed by atoms with van der Waals surface area (Å²) in [6.07, 6.45) is 2.32. The Kier molecular flexibility index (Phi) is 5.83. The molecule has 1 aliphatic heterocycles. The van der Waals surface area contributed by atoms with Gasteiger partial charge in [0.2, 0.25) is 17.8 Å². The molecule has 3 aromatic rings.